The summed E-state index contributed by atoms with van der Waals surface area (Å²) in [4.78, 5) is 48.9. The van der Waals surface area contributed by atoms with E-state index < -0.39 is 24.5 Å². The molecule has 28 heavy (non-hydrogen) atoms. The van der Waals surface area contributed by atoms with Gasteiger partial charge in [-0.1, -0.05) is 0 Å². The van der Waals surface area contributed by atoms with Gasteiger partial charge in [-0.15, -0.1) is 0 Å². The molecule has 1 aromatic rings. The van der Waals surface area contributed by atoms with Crippen molar-refractivity contribution < 1.29 is 27.6 Å². The molecule has 0 spiro atoms. The molecule has 0 bridgehead atoms. The quantitative estimate of drug-likeness (QED) is 0.694. The number of halogens is 3. The van der Waals surface area contributed by atoms with Gasteiger partial charge in [0.1, 0.15) is 12.1 Å². The van der Waals surface area contributed by atoms with E-state index in [1.165, 1.54) is 16.0 Å². The number of aryl methyl sites for hydroxylation is 1. The van der Waals surface area contributed by atoms with Gasteiger partial charge in [0.05, 0.1) is 0 Å². The fraction of sp³-hybridized carbons (Fsp3) is 0.529. The average Bonchev–Trinajstić information content (AvgIpc) is 2.65. The van der Waals surface area contributed by atoms with Crippen molar-refractivity contribution in [1.82, 2.24) is 20.1 Å². The standard InChI is InChI=1S/C17H21F3N4O4/c1-23-6-2-3-12(15(23)27)16(28)24-7-4-11(5-8-24)9-21-13(25)14(26)22-10-17(18,19)20/h2-3,6,11H,4-5,7-10H2,1H3,(H,21,25)(H,22,26). The predicted molar refractivity (Wildman–Crippen MR) is 92.4 cm³/mol. The lowest BCUT2D eigenvalue weighted by Crippen LogP contribution is -2.46. The third-order valence-corrected chi connectivity index (χ3v) is 4.46. The fourth-order valence-electron chi connectivity index (χ4n) is 2.85. The maximum atomic E-state index is 12.5. The monoisotopic (exact) mass is 402 g/mol. The smallest absolute Gasteiger partial charge is 0.348 e. The molecule has 1 aliphatic rings. The third kappa shape index (κ3) is 5.83. The number of nitrogens with one attached hydrogen (secondary N) is 2. The zero-order valence-electron chi connectivity index (χ0n) is 15.2. The number of carbonyl (C=O) groups excluding carboxylic acids is 3. The molecule has 0 unspecified atom stereocenters. The van der Waals surface area contributed by atoms with Crippen molar-refractivity contribution in [3.63, 3.8) is 0 Å². The molecule has 0 radical (unpaired) electrons. The molecule has 2 heterocycles. The number of hydrogen-bond acceptors (Lipinski definition) is 4. The molecule has 3 amide bonds. The Labute approximate surface area is 158 Å². The summed E-state index contributed by atoms with van der Waals surface area (Å²) in [7, 11) is 1.55. The second-order valence-corrected chi connectivity index (χ2v) is 6.58. The summed E-state index contributed by atoms with van der Waals surface area (Å²) in [6.07, 6.45) is -1.97. The van der Waals surface area contributed by atoms with E-state index in [1.807, 2.05) is 0 Å². The van der Waals surface area contributed by atoms with E-state index in [9.17, 15) is 32.3 Å². The van der Waals surface area contributed by atoms with E-state index in [4.69, 9.17) is 0 Å². The number of likely N-dealkylation sites (tertiary alicyclic amines) is 1. The molecule has 1 aliphatic heterocycles. The molecule has 0 aromatic carbocycles. The SMILES string of the molecule is Cn1cccc(C(=O)N2CCC(CNC(=O)C(=O)NCC(F)(F)F)CC2)c1=O. The van der Waals surface area contributed by atoms with Crippen LogP contribution in [-0.2, 0) is 16.6 Å². The van der Waals surface area contributed by atoms with Crippen LogP contribution in [0.15, 0.2) is 23.1 Å². The Balaban J connectivity index is 1.78. The van der Waals surface area contributed by atoms with Gasteiger partial charge in [0.25, 0.3) is 11.5 Å². The molecule has 0 saturated carbocycles. The molecule has 11 heteroatoms. The number of carbonyl (C=O) groups is 3. The Morgan fingerprint density at radius 3 is 2.36 bits per heavy atom. The molecule has 1 saturated heterocycles. The van der Waals surface area contributed by atoms with Crippen LogP contribution in [-0.4, -0.2) is 59.5 Å². The van der Waals surface area contributed by atoms with Crippen molar-refractivity contribution in [1.29, 1.82) is 0 Å². The van der Waals surface area contributed by atoms with Crippen LogP contribution < -0.4 is 16.2 Å². The van der Waals surface area contributed by atoms with Crippen LogP contribution in [0.2, 0.25) is 0 Å². The highest BCUT2D eigenvalue weighted by Gasteiger charge is 2.30. The highest BCUT2D eigenvalue weighted by atomic mass is 19.4. The van der Waals surface area contributed by atoms with E-state index in [0.29, 0.717) is 25.9 Å². The fourth-order valence-corrected chi connectivity index (χ4v) is 2.85. The Morgan fingerprint density at radius 2 is 1.75 bits per heavy atom. The van der Waals surface area contributed by atoms with Gasteiger partial charge in [0.2, 0.25) is 0 Å². The van der Waals surface area contributed by atoms with Crippen LogP contribution in [0.3, 0.4) is 0 Å². The first kappa shape index (κ1) is 21.5. The maximum absolute atomic E-state index is 12.5. The summed E-state index contributed by atoms with van der Waals surface area (Å²) in [5, 5.41) is 3.81. The summed E-state index contributed by atoms with van der Waals surface area (Å²) in [5.74, 6) is -2.86. The highest BCUT2D eigenvalue weighted by Crippen LogP contribution is 2.18. The van der Waals surface area contributed by atoms with Crippen LogP contribution in [0.5, 0.6) is 0 Å². The average molecular weight is 402 g/mol. The molecule has 154 valence electrons. The predicted octanol–water partition coefficient (Wildman–Crippen LogP) is 0.0322. The molecule has 0 aliphatic carbocycles. The first-order valence-electron chi connectivity index (χ1n) is 8.66. The Bertz CT molecular complexity index is 798. The van der Waals surface area contributed by atoms with Crippen LogP contribution in [0.25, 0.3) is 0 Å². The molecule has 2 rings (SSSR count). The zero-order chi connectivity index (χ0) is 20.9. The normalized spacial score (nSPS) is 15.2. The lowest BCUT2D eigenvalue weighted by Gasteiger charge is -2.32. The first-order valence-corrected chi connectivity index (χ1v) is 8.66. The minimum absolute atomic E-state index is 0.0259. The van der Waals surface area contributed by atoms with Crippen molar-refractivity contribution in [2.24, 2.45) is 13.0 Å². The third-order valence-electron chi connectivity index (χ3n) is 4.46. The molecule has 1 aromatic heterocycles. The van der Waals surface area contributed by atoms with Crippen molar-refractivity contribution in [2.45, 2.75) is 19.0 Å². The second kappa shape index (κ2) is 8.89. The van der Waals surface area contributed by atoms with Gasteiger partial charge in [-0.3, -0.25) is 19.2 Å². The largest absolute Gasteiger partial charge is 0.405 e. The van der Waals surface area contributed by atoms with Gasteiger partial charge in [-0.2, -0.15) is 13.2 Å². The topological polar surface area (TPSA) is 101 Å². The number of nitrogens with zero attached hydrogens (tertiary/aromatic N) is 2. The van der Waals surface area contributed by atoms with E-state index in [0.717, 1.165) is 0 Å². The van der Waals surface area contributed by atoms with Crippen molar-refractivity contribution in [3.8, 4) is 0 Å². The summed E-state index contributed by atoms with van der Waals surface area (Å²) < 4.78 is 37.4. The number of amides is 3. The van der Waals surface area contributed by atoms with Gasteiger partial charge < -0.3 is 20.1 Å². The summed E-state index contributed by atoms with van der Waals surface area (Å²) >= 11 is 0. The molecule has 0 atom stereocenters. The van der Waals surface area contributed by atoms with E-state index in [-0.39, 0.29) is 29.5 Å². The van der Waals surface area contributed by atoms with Gasteiger partial charge in [-0.25, -0.2) is 0 Å². The summed E-state index contributed by atoms with van der Waals surface area (Å²) in [5.41, 5.74) is -0.301. The Morgan fingerprint density at radius 1 is 1.14 bits per heavy atom. The number of rotatable bonds is 4. The lowest BCUT2D eigenvalue weighted by atomic mass is 9.96. The van der Waals surface area contributed by atoms with Crippen LogP contribution >= 0.6 is 0 Å². The van der Waals surface area contributed by atoms with Gasteiger partial charge >= 0.3 is 18.0 Å². The van der Waals surface area contributed by atoms with Gasteiger partial charge in [0.15, 0.2) is 0 Å². The minimum Gasteiger partial charge on any atom is -0.348 e. The maximum Gasteiger partial charge on any atom is 0.405 e. The molecular weight excluding hydrogens is 381 g/mol. The van der Waals surface area contributed by atoms with Crippen LogP contribution in [0.1, 0.15) is 23.2 Å². The molecule has 2 N–H and O–H groups in total. The molecule has 1 fully saturated rings. The highest BCUT2D eigenvalue weighted by molar-refractivity contribution is 6.35. The zero-order valence-corrected chi connectivity index (χ0v) is 15.2. The lowest BCUT2D eigenvalue weighted by molar-refractivity contribution is -0.146. The van der Waals surface area contributed by atoms with E-state index in [2.05, 4.69) is 5.32 Å². The van der Waals surface area contributed by atoms with Gasteiger partial charge in [0, 0.05) is 32.9 Å². The summed E-state index contributed by atoms with van der Waals surface area (Å²) in [6.45, 7) is -0.707. The summed E-state index contributed by atoms with van der Waals surface area (Å²) in [6, 6.07) is 3.08. The van der Waals surface area contributed by atoms with Crippen LogP contribution in [0, 0.1) is 5.92 Å². The van der Waals surface area contributed by atoms with Crippen molar-refractivity contribution in [2.75, 3.05) is 26.2 Å². The number of aromatic nitrogens is 1. The van der Waals surface area contributed by atoms with Crippen LogP contribution in [0.4, 0.5) is 13.2 Å². The first-order chi connectivity index (χ1) is 13.1. The Hall–Kier alpha value is -2.85. The number of pyridine rings is 1. The molecule has 8 nitrogen and oxygen atoms in total. The molecular formula is C17H21F3N4O4. The number of alkyl halides is 3. The Kier molecular flexibility index (Phi) is 6.81. The minimum atomic E-state index is -4.59. The van der Waals surface area contributed by atoms with E-state index in [1.54, 1.807) is 24.2 Å². The number of hydrogen-bond donors (Lipinski definition) is 2. The number of piperidine rings is 1. The van der Waals surface area contributed by atoms with Gasteiger partial charge in [-0.05, 0) is 30.9 Å². The van der Waals surface area contributed by atoms with Crippen molar-refractivity contribution in [3.05, 3.63) is 34.2 Å². The second-order valence-electron chi connectivity index (χ2n) is 6.58. The van der Waals surface area contributed by atoms with Crippen molar-refractivity contribution >= 4 is 17.7 Å². The van der Waals surface area contributed by atoms with E-state index >= 15 is 0 Å².